The lowest BCUT2D eigenvalue weighted by atomic mass is 9.93. The Morgan fingerprint density at radius 2 is 1.42 bits per heavy atom. The number of hydrogen-bond donors (Lipinski definition) is 0. The van der Waals surface area contributed by atoms with E-state index in [9.17, 15) is 0 Å². The lowest BCUT2D eigenvalue weighted by Gasteiger charge is -2.13. The van der Waals surface area contributed by atoms with E-state index < -0.39 is 0 Å². The van der Waals surface area contributed by atoms with Crippen molar-refractivity contribution >= 4 is 0 Å². The van der Waals surface area contributed by atoms with Crippen molar-refractivity contribution in [2.75, 3.05) is 0 Å². The van der Waals surface area contributed by atoms with Gasteiger partial charge in [-0.2, -0.15) is 0 Å². The van der Waals surface area contributed by atoms with Crippen LogP contribution in [0.2, 0.25) is 0 Å². The molecule has 0 bridgehead atoms. The summed E-state index contributed by atoms with van der Waals surface area (Å²) in [6, 6.07) is 0. The van der Waals surface area contributed by atoms with Gasteiger partial charge in [0, 0.05) is 0 Å². The van der Waals surface area contributed by atoms with Crippen molar-refractivity contribution in [2.24, 2.45) is 11.8 Å². The molecule has 0 aliphatic heterocycles. The number of hydrogen-bond acceptors (Lipinski definition) is 0. The summed E-state index contributed by atoms with van der Waals surface area (Å²) in [4.78, 5) is 0. The van der Waals surface area contributed by atoms with Crippen LogP contribution in [0, 0.1) is 11.8 Å². The Hall–Kier alpha value is 0. The molecule has 0 amide bonds. The number of unbranched alkanes of at least 4 members (excludes halogenated alkanes) is 1. The van der Waals surface area contributed by atoms with Crippen molar-refractivity contribution in [1.29, 1.82) is 0 Å². The van der Waals surface area contributed by atoms with Gasteiger partial charge in [0.05, 0.1) is 0 Å². The summed E-state index contributed by atoms with van der Waals surface area (Å²) in [6.45, 7) is 9.34. The highest BCUT2D eigenvalue weighted by Gasteiger charge is 2.04. The van der Waals surface area contributed by atoms with Crippen LogP contribution in [0.1, 0.15) is 66.2 Å². The van der Waals surface area contributed by atoms with Crippen LogP contribution >= 0.6 is 0 Å². The molecule has 0 radical (unpaired) electrons. The van der Waals surface area contributed by atoms with Crippen LogP contribution in [0.25, 0.3) is 0 Å². The standard InChI is InChI=1S/C12H26/c1-5-7-8-12(4)10-9-11(3)6-2/h11-12H,5-10H2,1-4H3. The molecule has 0 aliphatic carbocycles. The first-order valence-corrected chi connectivity index (χ1v) is 5.70. The normalized spacial score (nSPS) is 16.0. The summed E-state index contributed by atoms with van der Waals surface area (Å²) < 4.78 is 0. The first kappa shape index (κ1) is 12.0. The highest BCUT2D eigenvalue weighted by Crippen LogP contribution is 2.18. The predicted octanol–water partition coefficient (Wildman–Crippen LogP) is 4.64. The molecule has 0 aromatic rings. The fraction of sp³-hybridized carbons (Fsp3) is 1.00. The van der Waals surface area contributed by atoms with Crippen LogP contribution in [-0.4, -0.2) is 0 Å². The summed E-state index contributed by atoms with van der Waals surface area (Å²) >= 11 is 0. The highest BCUT2D eigenvalue weighted by molar-refractivity contribution is 4.57. The molecule has 0 aromatic heterocycles. The highest BCUT2D eigenvalue weighted by atomic mass is 14.1. The van der Waals surface area contributed by atoms with E-state index in [2.05, 4.69) is 27.7 Å². The van der Waals surface area contributed by atoms with E-state index >= 15 is 0 Å². The fourth-order valence-electron chi connectivity index (χ4n) is 1.47. The summed E-state index contributed by atoms with van der Waals surface area (Å²) in [5, 5.41) is 0. The van der Waals surface area contributed by atoms with Gasteiger partial charge in [-0.3, -0.25) is 0 Å². The summed E-state index contributed by atoms with van der Waals surface area (Å²) in [5.74, 6) is 1.90. The van der Waals surface area contributed by atoms with Gasteiger partial charge in [-0.1, -0.05) is 66.2 Å². The van der Waals surface area contributed by atoms with Crippen molar-refractivity contribution < 1.29 is 0 Å². The molecule has 0 heteroatoms. The average Bonchev–Trinajstić information content (AvgIpc) is 2.10. The maximum Gasteiger partial charge on any atom is -0.0443 e. The molecular formula is C12H26. The van der Waals surface area contributed by atoms with Gasteiger partial charge in [-0.15, -0.1) is 0 Å². The first-order chi connectivity index (χ1) is 5.70. The molecule has 0 heterocycles. The zero-order valence-electron chi connectivity index (χ0n) is 9.40. The van der Waals surface area contributed by atoms with Crippen molar-refractivity contribution in [1.82, 2.24) is 0 Å². The summed E-state index contributed by atoms with van der Waals surface area (Å²) in [7, 11) is 0. The smallest absolute Gasteiger partial charge is 0.0443 e. The van der Waals surface area contributed by atoms with E-state index in [-0.39, 0.29) is 0 Å². The second kappa shape index (κ2) is 7.64. The monoisotopic (exact) mass is 170 g/mol. The maximum absolute atomic E-state index is 2.40. The average molecular weight is 170 g/mol. The van der Waals surface area contributed by atoms with Crippen LogP contribution in [0.4, 0.5) is 0 Å². The van der Waals surface area contributed by atoms with Gasteiger partial charge in [0.15, 0.2) is 0 Å². The Morgan fingerprint density at radius 1 is 0.833 bits per heavy atom. The van der Waals surface area contributed by atoms with Gasteiger partial charge >= 0.3 is 0 Å². The Bertz CT molecular complexity index is 86.0. The molecule has 0 nitrogen and oxygen atoms in total. The third-order valence-corrected chi connectivity index (χ3v) is 2.90. The second-order valence-electron chi connectivity index (χ2n) is 4.34. The molecule has 12 heavy (non-hydrogen) atoms. The topological polar surface area (TPSA) is 0 Å². The van der Waals surface area contributed by atoms with Crippen molar-refractivity contribution in [3.8, 4) is 0 Å². The van der Waals surface area contributed by atoms with Crippen LogP contribution in [0.3, 0.4) is 0 Å². The molecule has 0 aromatic carbocycles. The lowest BCUT2D eigenvalue weighted by Crippen LogP contribution is -1.99. The minimum Gasteiger partial charge on any atom is -0.0654 e. The first-order valence-electron chi connectivity index (χ1n) is 5.70. The van der Waals surface area contributed by atoms with E-state index in [4.69, 9.17) is 0 Å². The lowest BCUT2D eigenvalue weighted by molar-refractivity contribution is 0.398. The largest absolute Gasteiger partial charge is 0.0654 e. The molecule has 0 saturated carbocycles. The van der Waals surface area contributed by atoms with Crippen molar-refractivity contribution in [3.63, 3.8) is 0 Å². The molecule has 0 fully saturated rings. The van der Waals surface area contributed by atoms with Crippen LogP contribution < -0.4 is 0 Å². The summed E-state index contributed by atoms with van der Waals surface area (Å²) in [5.41, 5.74) is 0. The maximum atomic E-state index is 2.40. The van der Waals surface area contributed by atoms with Crippen LogP contribution in [-0.2, 0) is 0 Å². The zero-order chi connectivity index (χ0) is 9.40. The Balaban J connectivity index is 3.24. The third-order valence-electron chi connectivity index (χ3n) is 2.90. The van der Waals surface area contributed by atoms with Crippen molar-refractivity contribution in [2.45, 2.75) is 66.2 Å². The van der Waals surface area contributed by atoms with Crippen LogP contribution in [0.5, 0.6) is 0 Å². The van der Waals surface area contributed by atoms with E-state index in [0.29, 0.717) is 0 Å². The van der Waals surface area contributed by atoms with Gasteiger partial charge in [0.1, 0.15) is 0 Å². The van der Waals surface area contributed by atoms with E-state index in [1.54, 1.807) is 0 Å². The predicted molar refractivity (Wildman–Crippen MR) is 57.4 cm³/mol. The molecule has 0 N–H and O–H groups in total. The van der Waals surface area contributed by atoms with Crippen molar-refractivity contribution in [3.05, 3.63) is 0 Å². The molecular weight excluding hydrogens is 144 g/mol. The number of rotatable bonds is 7. The Kier molecular flexibility index (Phi) is 7.64. The van der Waals surface area contributed by atoms with Gasteiger partial charge in [0.25, 0.3) is 0 Å². The minimum atomic E-state index is 0.939. The molecule has 0 saturated heterocycles. The van der Waals surface area contributed by atoms with Crippen LogP contribution in [0.15, 0.2) is 0 Å². The quantitative estimate of drug-likeness (QED) is 0.522. The molecule has 0 rings (SSSR count). The Morgan fingerprint density at radius 3 is 1.92 bits per heavy atom. The second-order valence-corrected chi connectivity index (χ2v) is 4.34. The molecule has 0 aliphatic rings. The SMILES string of the molecule is CCCCC(C)CCC(C)CC. The molecule has 0 spiro atoms. The Labute approximate surface area is 78.8 Å². The fourth-order valence-corrected chi connectivity index (χ4v) is 1.47. The van der Waals surface area contributed by atoms with Gasteiger partial charge < -0.3 is 0 Å². The van der Waals surface area contributed by atoms with E-state index in [1.165, 1.54) is 38.5 Å². The van der Waals surface area contributed by atoms with E-state index in [0.717, 1.165) is 11.8 Å². The summed E-state index contributed by atoms with van der Waals surface area (Å²) in [6.07, 6.45) is 8.43. The minimum absolute atomic E-state index is 0.939. The zero-order valence-corrected chi connectivity index (χ0v) is 9.40. The molecule has 2 unspecified atom stereocenters. The van der Waals surface area contributed by atoms with Gasteiger partial charge in [-0.25, -0.2) is 0 Å². The molecule has 2 atom stereocenters. The van der Waals surface area contributed by atoms with E-state index in [1.807, 2.05) is 0 Å². The van der Waals surface area contributed by atoms with Gasteiger partial charge in [-0.05, 0) is 11.8 Å². The van der Waals surface area contributed by atoms with Gasteiger partial charge in [0.2, 0.25) is 0 Å². The third kappa shape index (κ3) is 6.69. The molecule has 74 valence electrons.